The summed E-state index contributed by atoms with van der Waals surface area (Å²) in [7, 11) is 0. The summed E-state index contributed by atoms with van der Waals surface area (Å²) < 4.78 is 6.04. The molecule has 1 heterocycles. The number of hydrogen-bond acceptors (Lipinski definition) is 4. The molecule has 1 unspecified atom stereocenters. The van der Waals surface area contributed by atoms with Gasteiger partial charge in [0.2, 0.25) is 0 Å². The van der Waals surface area contributed by atoms with E-state index in [1.165, 1.54) is 6.42 Å². The predicted octanol–water partition coefficient (Wildman–Crippen LogP) is 3.32. The first-order valence-electron chi connectivity index (χ1n) is 10.6. The van der Waals surface area contributed by atoms with Gasteiger partial charge in [-0.3, -0.25) is 4.99 Å². The molecule has 5 saturated carbocycles. The van der Waals surface area contributed by atoms with Crippen LogP contribution < -0.4 is 0 Å². The molecule has 0 radical (unpaired) electrons. The van der Waals surface area contributed by atoms with E-state index in [1.54, 1.807) is 0 Å². The number of aliphatic hydroxyl groups excluding tert-OH is 2. The number of aliphatic hydroxyl groups is 2. The molecule has 0 aromatic rings. The van der Waals surface area contributed by atoms with Gasteiger partial charge in [0, 0.05) is 29.1 Å². The van der Waals surface area contributed by atoms with E-state index in [0.29, 0.717) is 24.4 Å². The highest BCUT2D eigenvalue weighted by Gasteiger charge is 2.72. The number of aliphatic imine (C=N–C) groups is 1. The van der Waals surface area contributed by atoms with Gasteiger partial charge in [-0.25, -0.2) is 0 Å². The molecule has 6 rings (SSSR count). The van der Waals surface area contributed by atoms with Crippen molar-refractivity contribution in [3.63, 3.8) is 0 Å². The van der Waals surface area contributed by atoms with Crippen LogP contribution in [-0.4, -0.2) is 41.5 Å². The summed E-state index contributed by atoms with van der Waals surface area (Å²) >= 11 is 0. The number of ether oxygens (including phenoxy) is 1. The molecule has 1 spiro atoms. The zero-order valence-corrected chi connectivity index (χ0v) is 16.2. The van der Waals surface area contributed by atoms with Crippen molar-refractivity contribution in [2.45, 2.75) is 77.2 Å². The Morgan fingerprint density at radius 1 is 1.23 bits per heavy atom. The molecule has 1 aliphatic heterocycles. The van der Waals surface area contributed by atoms with E-state index >= 15 is 0 Å². The third-order valence-corrected chi connectivity index (χ3v) is 9.32. The van der Waals surface area contributed by atoms with Gasteiger partial charge in [0.15, 0.2) is 6.23 Å². The van der Waals surface area contributed by atoms with Gasteiger partial charge in [-0.2, -0.15) is 0 Å². The minimum absolute atomic E-state index is 0.00967. The second-order valence-electron chi connectivity index (χ2n) is 9.98. The molecule has 4 heteroatoms. The van der Waals surface area contributed by atoms with E-state index in [9.17, 15) is 10.2 Å². The Bertz CT molecular complexity index is 662. The Balaban J connectivity index is 1.65. The maximum absolute atomic E-state index is 11.4. The van der Waals surface area contributed by atoms with Crippen molar-refractivity contribution >= 4 is 6.21 Å². The van der Waals surface area contributed by atoms with E-state index in [0.717, 1.165) is 44.1 Å². The van der Waals surface area contributed by atoms with Gasteiger partial charge in [-0.05, 0) is 68.8 Å². The van der Waals surface area contributed by atoms with Gasteiger partial charge in [0.1, 0.15) is 0 Å². The second kappa shape index (κ2) is 5.42. The van der Waals surface area contributed by atoms with Crippen molar-refractivity contribution in [1.82, 2.24) is 0 Å². The van der Waals surface area contributed by atoms with E-state index in [2.05, 4.69) is 19.7 Å². The molecule has 0 saturated heterocycles. The molecule has 5 aliphatic carbocycles. The third-order valence-electron chi connectivity index (χ3n) is 9.32. The first-order valence-corrected chi connectivity index (χ1v) is 10.6. The van der Waals surface area contributed by atoms with Crippen molar-refractivity contribution in [3.8, 4) is 0 Å². The SMILES string of the molecule is C=C1[C@H]2CC[C@@]3([C@H](O)C[C@H]4[C@]5(C=NC(OCC)[C@]4(C)CCC5)[C@@H]3C2)[C@@H]1O. The molecule has 9 atom stereocenters. The van der Waals surface area contributed by atoms with E-state index in [-0.39, 0.29) is 17.1 Å². The fourth-order valence-corrected chi connectivity index (χ4v) is 8.15. The molecule has 6 aliphatic rings. The fourth-order valence-electron chi connectivity index (χ4n) is 8.15. The monoisotopic (exact) mass is 359 g/mol. The van der Waals surface area contributed by atoms with Crippen molar-refractivity contribution in [3.05, 3.63) is 12.2 Å². The maximum Gasteiger partial charge on any atom is 0.153 e. The Hall–Kier alpha value is -0.710. The molecule has 5 fully saturated rings. The van der Waals surface area contributed by atoms with Gasteiger partial charge >= 0.3 is 0 Å². The topological polar surface area (TPSA) is 62.1 Å². The largest absolute Gasteiger partial charge is 0.392 e. The zero-order valence-electron chi connectivity index (χ0n) is 16.2. The minimum atomic E-state index is -0.559. The molecule has 4 bridgehead atoms. The van der Waals surface area contributed by atoms with Crippen LogP contribution >= 0.6 is 0 Å². The summed E-state index contributed by atoms with van der Waals surface area (Å²) in [5.41, 5.74) is 0.565. The molecule has 144 valence electrons. The molecule has 26 heavy (non-hydrogen) atoms. The highest BCUT2D eigenvalue weighted by Crippen LogP contribution is 2.73. The van der Waals surface area contributed by atoms with Gasteiger partial charge in [-0.1, -0.05) is 19.9 Å². The number of rotatable bonds is 2. The Morgan fingerprint density at radius 3 is 2.81 bits per heavy atom. The molecule has 4 nitrogen and oxygen atoms in total. The van der Waals surface area contributed by atoms with Crippen LogP contribution in [0.2, 0.25) is 0 Å². The van der Waals surface area contributed by atoms with E-state index < -0.39 is 17.6 Å². The number of hydrogen-bond donors (Lipinski definition) is 2. The van der Waals surface area contributed by atoms with Crippen LogP contribution in [0.1, 0.15) is 58.8 Å². The molecular formula is C22H33NO3. The van der Waals surface area contributed by atoms with Gasteiger partial charge in [0.25, 0.3) is 0 Å². The van der Waals surface area contributed by atoms with Crippen LogP contribution in [0.15, 0.2) is 17.1 Å². The summed E-state index contributed by atoms with van der Waals surface area (Å²) in [6, 6.07) is 0. The summed E-state index contributed by atoms with van der Waals surface area (Å²) in [6.07, 6.45) is 8.39. The normalized spacial score (nSPS) is 57.6. The quantitative estimate of drug-likeness (QED) is 0.744. The maximum atomic E-state index is 11.4. The highest BCUT2D eigenvalue weighted by molar-refractivity contribution is 5.70. The van der Waals surface area contributed by atoms with Crippen molar-refractivity contribution in [1.29, 1.82) is 0 Å². The molecule has 0 aromatic carbocycles. The van der Waals surface area contributed by atoms with Crippen molar-refractivity contribution in [2.24, 2.45) is 39.0 Å². The van der Waals surface area contributed by atoms with Gasteiger partial charge in [-0.15, -0.1) is 0 Å². The lowest BCUT2D eigenvalue weighted by Gasteiger charge is -2.71. The van der Waals surface area contributed by atoms with E-state index in [4.69, 9.17) is 9.73 Å². The molecule has 2 N–H and O–H groups in total. The lowest BCUT2D eigenvalue weighted by atomic mass is 9.34. The second-order valence-corrected chi connectivity index (χ2v) is 9.98. The predicted molar refractivity (Wildman–Crippen MR) is 101 cm³/mol. The van der Waals surface area contributed by atoms with Crippen LogP contribution in [0.25, 0.3) is 0 Å². The number of nitrogens with zero attached hydrogens (tertiary/aromatic N) is 1. The molecular weight excluding hydrogens is 326 g/mol. The lowest BCUT2D eigenvalue weighted by molar-refractivity contribution is -0.250. The smallest absolute Gasteiger partial charge is 0.153 e. The first kappa shape index (κ1) is 17.4. The average molecular weight is 360 g/mol. The van der Waals surface area contributed by atoms with Crippen molar-refractivity contribution in [2.75, 3.05) is 6.61 Å². The molecule has 0 amide bonds. The van der Waals surface area contributed by atoms with Crippen LogP contribution in [-0.2, 0) is 4.74 Å². The zero-order chi connectivity index (χ0) is 18.3. The Morgan fingerprint density at radius 2 is 2.04 bits per heavy atom. The fraction of sp³-hybridized carbons (Fsp3) is 0.864. The van der Waals surface area contributed by atoms with Crippen LogP contribution in [0, 0.1) is 34.0 Å². The summed E-state index contributed by atoms with van der Waals surface area (Å²) in [6.45, 7) is 9.26. The standard InChI is InChI=1S/C22H33NO3/c1-4-26-19-20(3)7-5-8-21(12-23-19)15(20)11-17(24)22-9-6-14(10-16(21)22)13(2)18(22)25/h12,14-19,24-25H,2,4-11H2,1,3H3/t14-,15+,16-,17+,18+,19?,20+,21-,22+/m0/s1. The van der Waals surface area contributed by atoms with Crippen LogP contribution in [0.5, 0.6) is 0 Å². The van der Waals surface area contributed by atoms with Crippen LogP contribution in [0.4, 0.5) is 0 Å². The summed E-state index contributed by atoms with van der Waals surface area (Å²) in [4.78, 5) is 4.96. The van der Waals surface area contributed by atoms with Gasteiger partial charge in [0.05, 0.1) is 12.2 Å². The van der Waals surface area contributed by atoms with Crippen LogP contribution in [0.3, 0.4) is 0 Å². The molecule has 0 aromatic heterocycles. The Kier molecular flexibility index (Phi) is 3.63. The number of fused-ring (bicyclic) bond motifs is 2. The van der Waals surface area contributed by atoms with Crippen molar-refractivity contribution < 1.29 is 14.9 Å². The lowest BCUT2D eigenvalue weighted by Crippen LogP contribution is -2.72. The summed E-state index contributed by atoms with van der Waals surface area (Å²) in [5.74, 6) is 1.11. The Labute approximate surface area is 156 Å². The average Bonchev–Trinajstić information content (AvgIpc) is 2.63. The highest BCUT2D eigenvalue weighted by atomic mass is 16.5. The summed E-state index contributed by atoms with van der Waals surface area (Å²) in [5, 5.41) is 22.6. The minimum Gasteiger partial charge on any atom is -0.392 e. The van der Waals surface area contributed by atoms with E-state index in [1.807, 2.05) is 6.92 Å². The third kappa shape index (κ3) is 1.80. The first-order chi connectivity index (χ1) is 12.4. The van der Waals surface area contributed by atoms with Gasteiger partial charge < -0.3 is 14.9 Å².